The van der Waals surface area contributed by atoms with Crippen LogP contribution in [0.15, 0.2) is 36.7 Å². The molecule has 2 N–H and O–H groups in total. The topological polar surface area (TPSA) is 112 Å². The third kappa shape index (κ3) is 5.20. The van der Waals surface area contributed by atoms with Crippen LogP contribution in [0.2, 0.25) is 0 Å². The summed E-state index contributed by atoms with van der Waals surface area (Å²) in [5.41, 5.74) is 7.95. The number of anilines is 1. The fourth-order valence-electron chi connectivity index (χ4n) is 3.71. The number of nitrogens with zero attached hydrogens (tertiary/aromatic N) is 6. The third-order valence-electron chi connectivity index (χ3n) is 5.93. The molecule has 1 fully saturated rings. The van der Waals surface area contributed by atoms with Crippen molar-refractivity contribution in [2.24, 2.45) is 0 Å². The number of fused-ring (bicyclic) bond motifs is 1. The lowest BCUT2D eigenvalue weighted by Gasteiger charge is -2.38. The van der Waals surface area contributed by atoms with E-state index in [-0.39, 0.29) is 11.9 Å². The van der Waals surface area contributed by atoms with Crippen LogP contribution in [0.4, 0.5) is 5.82 Å². The van der Waals surface area contributed by atoms with Gasteiger partial charge in [-0.1, -0.05) is 18.9 Å². The molecular weight excluding hydrogens is 446 g/mol. The lowest BCUT2D eigenvalue weighted by molar-refractivity contribution is -0.131. The second-order valence-electron chi connectivity index (χ2n) is 8.26. The molecule has 1 saturated heterocycles. The number of hydrogen-bond donors (Lipinski definition) is 1. The second-order valence-corrected chi connectivity index (χ2v) is 8.26. The average Bonchev–Trinajstić information content (AvgIpc) is 3.20. The smallest absolute Gasteiger partial charge is 0.246 e. The van der Waals surface area contributed by atoms with Crippen molar-refractivity contribution in [1.29, 1.82) is 0 Å². The largest absolute Gasteiger partial charge is 0.497 e. The molecule has 2 aromatic heterocycles. The average molecular weight is 476 g/mol. The third-order valence-corrected chi connectivity index (χ3v) is 5.93. The number of benzene rings is 1. The number of amides is 1. The van der Waals surface area contributed by atoms with E-state index >= 15 is 0 Å². The summed E-state index contributed by atoms with van der Waals surface area (Å²) in [5.74, 6) is 7.79. The summed E-state index contributed by atoms with van der Waals surface area (Å²) in [6, 6.07) is 5.39. The maximum absolute atomic E-state index is 12.5. The molecule has 4 rings (SSSR count). The molecule has 0 spiro atoms. The van der Waals surface area contributed by atoms with Crippen molar-refractivity contribution in [2.45, 2.75) is 13.0 Å². The maximum Gasteiger partial charge on any atom is 0.246 e. The first kappa shape index (κ1) is 24.0. The zero-order chi connectivity index (χ0) is 24.9. The van der Waals surface area contributed by atoms with Crippen LogP contribution in [0.25, 0.3) is 11.0 Å². The number of hydrogen-bond acceptors (Lipinski definition) is 8. The van der Waals surface area contributed by atoms with Gasteiger partial charge in [-0.2, -0.15) is 5.10 Å². The summed E-state index contributed by atoms with van der Waals surface area (Å²) in [4.78, 5) is 24.9. The summed E-state index contributed by atoms with van der Waals surface area (Å²) in [5, 5.41) is 5.30. The minimum absolute atomic E-state index is 0.0108. The molecule has 182 valence electrons. The van der Waals surface area contributed by atoms with Crippen molar-refractivity contribution in [2.75, 3.05) is 53.2 Å². The molecule has 0 aliphatic carbocycles. The Hall–Kier alpha value is -4.10. The molecule has 35 heavy (non-hydrogen) atoms. The first-order valence-corrected chi connectivity index (χ1v) is 11.3. The minimum Gasteiger partial charge on any atom is -0.497 e. The van der Waals surface area contributed by atoms with Gasteiger partial charge in [-0.3, -0.25) is 4.79 Å². The van der Waals surface area contributed by atoms with Crippen molar-refractivity contribution in [3.8, 4) is 23.3 Å². The highest BCUT2D eigenvalue weighted by Crippen LogP contribution is 2.28. The monoisotopic (exact) mass is 475 g/mol. The molecule has 1 aromatic carbocycles. The highest BCUT2D eigenvalue weighted by Gasteiger charge is 2.33. The fraction of sp³-hybridized carbons (Fsp3) is 0.360. The van der Waals surface area contributed by atoms with E-state index < -0.39 is 0 Å². The Morgan fingerprint density at radius 2 is 1.91 bits per heavy atom. The second kappa shape index (κ2) is 10.4. The maximum atomic E-state index is 12.5. The van der Waals surface area contributed by atoms with Gasteiger partial charge in [0.1, 0.15) is 29.3 Å². The summed E-state index contributed by atoms with van der Waals surface area (Å²) < 4.78 is 12.4. The number of carbonyl (C=O) groups is 1. The Balaban J connectivity index is 1.57. The number of nitrogen functional groups attached to an aromatic ring is 1. The standard InChI is InChI=1S/C25H29N7O3/c1-5-30(2)10-6-7-22(33)31-14-18(15-31)32-25-23(24(26)27-16-28-25)21(29-32)9-8-17-11-19(34-3)13-20(12-17)35-4/h6-7,11-13,16,18H,5,10,14-15H2,1-4H3,(H2,26,27,28). The van der Waals surface area contributed by atoms with Crippen LogP contribution >= 0.6 is 0 Å². The molecule has 10 nitrogen and oxygen atoms in total. The van der Waals surface area contributed by atoms with E-state index in [0.717, 1.165) is 13.1 Å². The van der Waals surface area contributed by atoms with E-state index in [0.29, 0.717) is 52.7 Å². The molecule has 3 heterocycles. The van der Waals surface area contributed by atoms with Gasteiger partial charge < -0.3 is 25.0 Å². The first-order valence-electron chi connectivity index (χ1n) is 11.3. The Morgan fingerprint density at radius 1 is 1.20 bits per heavy atom. The van der Waals surface area contributed by atoms with E-state index in [1.54, 1.807) is 35.9 Å². The van der Waals surface area contributed by atoms with Gasteiger partial charge >= 0.3 is 0 Å². The van der Waals surface area contributed by atoms with Crippen molar-refractivity contribution < 1.29 is 14.3 Å². The summed E-state index contributed by atoms with van der Waals surface area (Å²) in [6.45, 7) is 4.81. The van der Waals surface area contributed by atoms with Gasteiger partial charge in [0.25, 0.3) is 0 Å². The van der Waals surface area contributed by atoms with Crippen molar-refractivity contribution in [1.82, 2.24) is 29.5 Å². The molecule has 1 aliphatic heterocycles. The summed E-state index contributed by atoms with van der Waals surface area (Å²) >= 11 is 0. The van der Waals surface area contributed by atoms with Crippen LogP contribution in [0.3, 0.4) is 0 Å². The number of rotatable bonds is 7. The summed E-state index contributed by atoms with van der Waals surface area (Å²) in [7, 11) is 5.19. The predicted octanol–water partition coefficient (Wildman–Crippen LogP) is 1.72. The number of aromatic nitrogens is 4. The molecule has 0 unspecified atom stereocenters. The van der Waals surface area contributed by atoms with Gasteiger partial charge in [0, 0.05) is 37.3 Å². The minimum atomic E-state index is -0.0186. The van der Waals surface area contributed by atoms with Crippen LogP contribution < -0.4 is 15.2 Å². The van der Waals surface area contributed by atoms with E-state index in [2.05, 4.69) is 33.6 Å². The zero-order valence-electron chi connectivity index (χ0n) is 20.4. The highest BCUT2D eigenvalue weighted by atomic mass is 16.5. The van der Waals surface area contributed by atoms with Gasteiger partial charge in [0.15, 0.2) is 5.65 Å². The zero-order valence-corrected chi connectivity index (χ0v) is 20.4. The predicted molar refractivity (Wildman–Crippen MR) is 133 cm³/mol. The van der Waals surface area contributed by atoms with Crippen molar-refractivity contribution in [3.05, 3.63) is 47.9 Å². The van der Waals surface area contributed by atoms with Crippen LogP contribution in [-0.2, 0) is 4.79 Å². The molecule has 3 aromatic rings. The van der Waals surface area contributed by atoms with Gasteiger partial charge in [0.05, 0.1) is 25.6 Å². The van der Waals surface area contributed by atoms with Gasteiger partial charge in [-0.05, 0) is 31.6 Å². The van der Waals surface area contributed by atoms with Gasteiger partial charge in [0.2, 0.25) is 5.91 Å². The van der Waals surface area contributed by atoms with Crippen LogP contribution in [0, 0.1) is 11.8 Å². The van der Waals surface area contributed by atoms with Crippen molar-refractivity contribution in [3.63, 3.8) is 0 Å². The summed E-state index contributed by atoms with van der Waals surface area (Å²) in [6.07, 6.45) is 4.93. The Morgan fingerprint density at radius 3 is 2.57 bits per heavy atom. The van der Waals surface area contributed by atoms with Crippen LogP contribution in [0.5, 0.6) is 11.5 Å². The molecule has 0 radical (unpaired) electrons. The Kier molecular flexibility index (Phi) is 7.17. The molecule has 0 saturated carbocycles. The highest BCUT2D eigenvalue weighted by molar-refractivity contribution is 5.91. The SMILES string of the molecule is CCN(C)CC=CC(=O)N1CC(n2nc(C#Cc3cc(OC)cc(OC)c3)c3c(N)ncnc32)C1. The van der Waals surface area contributed by atoms with Gasteiger partial charge in [-0.25, -0.2) is 14.6 Å². The Labute approximate surface area is 204 Å². The lowest BCUT2D eigenvalue weighted by Crippen LogP contribution is -2.50. The Bertz CT molecular complexity index is 1290. The van der Waals surface area contributed by atoms with Crippen LogP contribution in [-0.4, -0.2) is 82.9 Å². The number of carbonyl (C=O) groups excluding carboxylic acids is 1. The number of nitrogens with two attached hydrogens (primary N) is 1. The van der Waals surface area contributed by atoms with E-state index in [4.69, 9.17) is 20.3 Å². The van der Waals surface area contributed by atoms with E-state index in [1.807, 2.05) is 25.3 Å². The number of likely N-dealkylation sites (tertiary alicyclic amines) is 1. The molecule has 10 heteroatoms. The molecule has 1 amide bonds. The van der Waals surface area contributed by atoms with E-state index in [9.17, 15) is 4.79 Å². The van der Waals surface area contributed by atoms with E-state index in [1.165, 1.54) is 6.33 Å². The fourth-order valence-corrected chi connectivity index (χ4v) is 3.71. The van der Waals surface area contributed by atoms with Crippen molar-refractivity contribution >= 4 is 22.8 Å². The number of ether oxygens (including phenoxy) is 2. The quantitative estimate of drug-likeness (QED) is 0.406. The van der Waals surface area contributed by atoms with Crippen LogP contribution in [0.1, 0.15) is 24.2 Å². The normalized spacial score (nSPS) is 13.7. The first-order chi connectivity index (χ1) is 16.9. The lowest BCUT2D eigenvalue weighted by atomic mass is 10.1. The number of methoxy groups -OCH3 is 2. The molecular formula is C25H29N7O3. The molecule has 0 bridgehead atoms. The number of likely N-dealkylation sites (N-methyl/N-ethyl adjacent to an activating group) is 1. The molecule has 1 aliphatic rings. The molecule has 0 atom stereocenters. The van der Waals surface area contributed by atoms with Gasteiger partial charge in [-0.15, -0.1) is 0 Å².